The minimum Gasteiger partial charge on any atom is -0.506 e. The van der Waals surface area contributed by atoms with Crippen LogP contribution >= 0.6 is 39.5 Å². The van der Waals surface area contributed by atoms with Crippen molar-refractivity contribution in [1.82, 2.24) is 0 Å². The molecule has 0 aliphatic carbocycles. The summed E-state index contributed by atoms with van der Waals surface area (Å²) in [7, 11) is -3.70. The maximum absolute atomic E-state index is 11.3. The Morgan fingerprint density at radius 3 is 2.40 bits per heavy atom. The van der Waals surface area contributed by atoms with Gasteiger partial charge in [-0.15, -0.1) is 11.3 Å². The number of hydrogen-bond acceptors (Lipinski definition) is 6. The summed E-state index contributed by atoms with van der Waals surface area (Å²) in [6.07, 6.45) is 0.497. The molecule has 0 spiro atoms. The maximum Gasteiger partial charge on any atom is 0.238 e. The maximum atomic E-state index is 11.3. The number of halogens is 1. The quantitative estimate of drug-likeness (QED) is 0.339. The fraction of sp³-hybridized carbons (Fsp3) is 0.143. The SMILES string of the molecule is CC(=NCC(=S)Cc1ccc(S(N)(=O)=O)cc1)c1csc(-c2ccc(Br)cc2)c1O. The van der Waals surface area contributed by atoms with Crippen molar-refractivity contribution in [3.63, 3.8) is 0 Å². The smallest absolute Gasteiger partial charge is 0.238 e. The first-order valence-corrected chi connectivity index (χ1v) is 12.5. The van der Waals surface area contributed by atoms with E-state index in [2.05, 4.69) is 20.9 Å². The molecule has 0 saturated carbocycles. The fourth-order valence-electron chi connectivity index (χ4n) is 2.79. The Kier molecular flexibility index (Phi) is 7.20. The third kappa shape index (κ3) is 5.61. The van der Waals surface area contributed by atoms with Gasteiger partial charge in [0.05, 0.1) is 16.3 Å². The molecule has 156 valence electrons. The van der Waals surface area contributed by atoms with Gasteiger partial charge in [-0.2, -0.15) is 0 Å². The summed E-state index contributed by atoms with van der Waals surface area (Å²) in [6, 6.07) is 14.1. The molecule has 3 N–H and O–H groups in total. The first kappa shape index (κ1) is 22.8. The zero-order chi connectivity index (χ0) is 21.9. The van der Waals surface area contributed by atoms with Crippen LogP contribution in [0.2, 0.25) is 0 Å². The number of primary sulfonamides is 1. The fourth-order valence-corrected chi connectivity index (χ4v) is 4.81. The normalized spacial score (nSPS) is 12.2. The highest BCUT2D eigenvalue weighted by molar-refractivity contribution is 9.10. The van der Waals surface area contributed by atoms with E-state index in [1.54, 1.807) is 12.1 Å². The van der Waals surface area contributed by atoms with Crippen molar-refractivity contribution in [1.29, 1.82) is 0 Å². The van der Waals surface area contributed by atoms with Crippen molar-refractivity contribution < 1.29 is 13.5 Å². The molecule has 1 aromatic heterocycles. The van der Waals surface area contributed by atoms with E-state index in [4.69, 9.17) is 17.4 Å². The third-order valence-corrected chi connectivity index (χ3v) is 7.16. The molecule has 3 rings (SSSR count). The summed E-state index contributed by atoms with van der Waals surface area (Å²) in [5, 5.41) is 17.6. The number of aliphatic imine (C=N–C) groups is 1. The van der Waals surface area contributed by atoms with Crippen LogP contribution in [0.4, 0.5) is 0 Å². The van der Waals surface area contributed by atoms with E-state index in [0.717, 1.165) is 20.5 Å². The molecule has 9 heteroatoms. The molecule has 0 amide bonds. The Morgan fingerprint density at radius 2 is 1.80 bits per heavy atom. The highest BCUT2D eigenvalue weighted by Crippen LogP contribution is 2.39. The number of thiophene rings is 1. The number of nitrogens with zero attached hydrogens (tertiary/aromatic N) is 1. The lowest BCUT2D eigenvalue weighted by molar-refractivity contribution is 0.478. The van der Waals surface area contributed by atoms with Gasteiger partial charge in [0, 0.05) is 32.4 Å². The van der Waals surface area contributed by atoms with Gasteiger partial charge in [0.1, 0.15) is 5.75 Å². The van der Waals surface area contributed by atoms with Crippen molar-refractivity contribution in [3.05, 3.63) is 69.5 Å². The van der Waals surface area contributed by atoms with Crippen LogP contribution in [0.1, 0.15) is 18.1 Å². The molecule has 0 bridgehead atoms. The molecular formula is C21H19BrN2O3S3. The van der Waals surface area contributed by atoms with Crippen LogP contribution in [0.3, 0.4) is 0 Å². The molecule has 0 aliphatic rings. The molecule has 0 unspecified atom stereocenters. The Hall–Kier alpha value is -1.91. The lowest BCUT2D eigenvalue weighted by Crippen LogP contribution is -2.12. The van der Waals surface area contributed by atoms with E-state index in [9.17, 15) is 13.5 Å². The molecule has 0 aliphatic heterocycles. The van der Waals surface area contributed by atoms with Crippen LogP contribution in [0.25, 0.3) is 10.4 Å². The van der Waals surface area contributed by atoms with Gasteiger partial charge in [-0.1, -0.05) is 52.4 Å². The van der Waals surface area contributed by atoms with Gasteiger partial charge < -0.3 is 5.11 Å². The largest absolute Gasteiger partial charge is 0.506 e. The lowest BCUT2D eigenvalue weighted by atomic mass is 10.1. The molecule has 1 heterocycles. The minimum atomic E-state index is -3.70. The van der Waals surface area contributed by atoms with Crippen molar-refractivity contribution in [2.45, 2.75) is 18.2 Å². The van der Waals surface area contributed by atoms with E-state index >= 15 is 0 Å². The zero-order valence-corrected chi connectivity index (χ0v) is 20.0. The van der Waals surface area contributed by atoms with Crippen LogP contribution in [0, 0.1) is 0 Å². The summed E-state index contributed by atoms with van der Waals surface area (Å²) in [5.41, 5.74) is 3.23. The van der Waals surface area contributed by atoms with Gasteiger partial charge in [0.2, 0.25) is 10.0 Å². The van der Waals surface area contributed by atoms with Crippen molar-refractivity contribution >= 4 is 60.1 Å². The summed E-state index contributed by atoms with van der Waals surface area (Å²) in [6.45, 7) is 2.18. The predicted molar refractivity (Wildman–Crippen MR) is 130 cm³/mol. The summed E-state index contributed by atoms with van der Waals surface area (Å²) in [4.78, 5) is 6.10. The van der Waals surface area contributed by atoms with E-state index in [1.807, 2.05) is 36.6 Å². The first-order chi connectivity index (χ1) is 14.1. The number of sulfonamides is 1. The second-order valence-electron chi connectivity index (χ2n) is 6.64. The van der Waals surface area contributed by atoms with Gasteiger partial charge in [-0.05, 0) is 42.3 Å². The standard InChI is InChI=1S/C21H19BrN2O3S3/c1-13(19-12-29-21(20(19)25)15-4-6-16(22)7-5-15)24-11-17(28)10-14-2-8-18(9-3-14)30(23,26)27/h2-9,12,25H,10-11H2,1H3,(H2,23,26,27). The Labute approximate surface area is 193 Å². The average Bonchev–Trinajstić information content (AvgIpc) is 3.08. The number of hydrogen-bond donors (Lipinski definition) is 2. The Bertz CT molecular complexity index is 1200. The first-order valence-electron chi connectivity index (χ1n) is 8.86. The Balaban J connectivity index is 1.67. The third-order valence-electron chi connectivity index (χ3n) is 4.41. The highest BCUT2D eigenvalue weighted by atomic mass is 79.9. The van der Waals surface area contributed by atoms with Crippen molar-refractivity contribution in [3.8, 4) is 16.2 Å². The molecule has 0 fully saturated rings. The Morgan fingerprint density at radius 1 is 1.17 bits per heavy atom. The number of rotatable bonds is 7. The topological polar surface area (TPSA) is 92.8 Å². The van der Waals surface area contributed by atoms with Crippen LogP contribution in [0.5, 0.6) is 5.75 Å². The average molecular weight is 523 g/mol. The van der Waals surface area contributed by atoms with Gasteiger partial charge in [0.15, 0.2) is 0 Å². The summed E-state index contributed by atoms with van der Waals surface area (Å²) >= 11 is 10.3. The molecule has 0 saturated heterocycles. The van der Waals surface area contributed by atoms with Crippen LogP contribution < -0.4 is 5.14 Å². The summed E-state index contributed by atoms with van der Waals surface area (Å²) in [5.74, 6) is 0.216. The van der Waals surface area contributed by atoms with E-state index in [0.29, 0.717) is 29.1 Å². The molecule has 3 aromatic rings. The van der Waals surface area contributed by atoms with Gasteiger partial charge in [-0.3, -0.25) is 4.99 Å². The molecular weight excluding hydrogens is 504 g/mol. The minimum absolute atomic E-state index is 0.0699. The number of thiocarbonyl (C=S) groups is 1. The van der Waals surface area contributed by atoms with Crippen LogP contribution in [-0.4, -0.2) is 30.6 Å². The second kappa shape index (κ2) is 9.49. The van der Waals surface area contributed by atoms with E-state index in [-0.39, 0.29) is 10.6 Å². The van der Waals surface area contributed by atoms with Gasteiger partial charge in [0.25, 0.3) is 0 Å². The van der Waals surface area contributed by atoms with Gasteiger partial charge in [-0.25, -0.2) is 13.6 Å². The van der Waals surface area contributed by atoms with Crippen LogP contribution in [0.15, 0.2) is 68.3 Å². The number of benzene rings is 2. The molecule has 30 heavy (non-hydrogen) atoms. The molecule has 0 radical (unpaired) electrons. The number of nitrogens with two attached hydrogens (primary N) is 1. The number of aromatic hydroxyl groups is 1. The molecule has 0 atom stereocenters. The summed E-state index contributed by atoms with van der Waals surface area (Å²) < 4.78 is 23.6. The second-order valence-corrected chi connectivity index (χ2v) is 10.6. The zero-order valence-electron chi connectivity index (χ0n) is 16.0. The molecule has 2 aromatic carbocycles. The van der Waals surface area contributed by atoms with E-state index < -0.39 is 10.0 Å². The van der Waals surface area contributed by atoms with Gasteiger partial charge >= 0.3 is 0 Å². The van der Waals surface area contributed by atoms with Crippen molar-refractivity contribution in [2.24, 2.45) is 10.1 Å². The monoisotopic (exact) mass is 522 g/mol. The predicted octanol–water partition coefficient (Wildman–Crippen LogP) is 4.95. The highest BCUT2D eigenvalue weighted by Gasteiger charge is 2.14. The van der Waals surface area contributed by atoms with E-state index in [1.165, 1.54) is 23.5 Å². The van der Waals surface area contributed by atoms with Crippen LogP contribution in [-0.2, 0) is 16.4 Å². The molecule has 5 nitrogen and oxygen atoms in total. The van der Waals surface area contributed by atoms with Crippen molar-refractivity contribution in [2.75, 3.05) is 6.54 Å². The lowest BCUT2D eigenvalue weighted by Gasteiger charge is -2.05.